The van der Waals surface area contributed by atoms with Gasteiger partial charge in [-0.15, -0.1) is 0 Å². The molecule has 2 rings (SSSR count). The molecule has 0 unspecified atom stereocenters. The summed E-state index contributed by atoms with van der Waals surface area (Å²) in [5, 5.41) is 6.69. The number of hydrogen-bond acceptors (Lipinski definition) is 4. The second kappa shape index (κ2) is 6.15. The fourth-order valence-corrected chi connectivity index (χ4v) is 1.89. The minimum atomic E-state index is -0.0395. The van der Waals surface area contributed by atoms with Crippen LogP contribution < -0.4 is 15.4 Å². The van der Waals surface area contributed by atoms with Crippen molar-refractivity contribution in [1.29, 1.82) is 0 Å². The third-order valence-corrected chi connectivity index (χ3v) is 2.80. The van der Waals surface area contributed by atoms with Crippen molar-refractivity contribution in [1.82, 2.24) is 15.6 Å². The summed E-state index contributed by atoms with van der Waals surface area (Å²) in [6.45, 7) is 0.764. The maximum atomic E-state index is 11.5. The van der Waals surface area contributed by atoms with Gasteiger partial charge in [-0.25, -0.2) is 4.98 Å². The number of carbonyl (C=O) groups excluding carboxylic acids is 1. The molecule has 0 saturated carbocycles. The molecule has 0 aliphatic heterocycles. The Hall–Kier alpha value is -2.14. The lowest BCUT2D eigenvalue weighted by Gasteiger charge is -2.10. The minimum absolute atomic E-state index is 0.0395. The molecule has 0 spiro atoms. The molecule has 0 aliphatic carbocycles. The second-order valence-corrected chi connectivity index (χ2v) is 4.15. The summed E-state index contributed by atoms with van der Waals surface area (Å²) in [6.07, 6.45) is 0. The Morgan fingerprint density at radius 3 is 2.89 bits per heavy atom. The van der Waals surface area contributed by atoms with Gasteiger partial charge in [-0.3, -0.25) is 4.79 Å². The van der Waals surface area contributed by atoms with E-state index in [2.05, 4.69) is 15.6 Å². The van der Waals surface area contributed by atoms with Crippen LogP contribution in [0.5, 0.6) is 5.88 Å². The number of carbonyl (C=O) groups is 1. The molecule has 0 radical (unpaired) electrons. The summed E-state index contributed by atoms with van der Waals surface area (Å²) in [7, 11) is 3.32. The van der Waals surface area contributed by atoms with E-state index in [9.17, 15) is 4.79 Å². The molecule has 0 atom stereocenters. The summed E-state index contributed by atoms with van der Waals surface area (Å²) >= 11 is 0. The first-order valence-electron chi connectivity index (χ1n) is 6.08. The van der Waals surface area contributed by atoms with E-state index >= 15 is 0 Å². The van der Waals surface area contributed by atoms with Crippen molar-refractivity contribution < 1.29 is 9.53 Å². The zero-order valence-electron chi connectivity index (χ0n) is 11.1. The highest BCUT2D eigenvalue weighted by atomic mass is 16.5. The van der Waals surface area contributed by atoms with Crippen molar-refractivity contribution in [2.75, 3.05) is 20.7 Å². The Bertz CT molecular complexity index is 584. The molecular weight excluding hydrogens is 242 g/mol. The maximum Gasteiger partial charge on any atom is 0.234 e. The Labute approximate surface area is 112 Å². The molecule has 1 heterocycles. The maximum absolute atomic E-state index is 11.5. The average molecular weight is 259 g/mol. The quantitative estimate of drug-likeness (QED) is 0.843. The predicted molar refractivity (Wildman–Crippen MR) is 74.1 cm³/mol. The smallest absolute Gasteiger partial charge is 0.234 e. The van der Waals surface area contributed by atoms with Gasteiger partial charge in [0.05, 0.1) is 19.2 Å². The van der Waals surface area contributed by atoms with Crippen molar-refractivity contribution >= 4 is 16.8 Å². The van der Waals surface area contributed by atoms with E-state index in [-0.39, 0.29) is 5.91 Å². The van der Waals surface area contributed by atoms with Crippen LogP contribution >= 0.6 is 0 Å². The zero-order chi connectivity index (χ0) is 13.7. The Morgan fingerprint density at radius 2 is 2.16 bits per heavy atom. The van der Waals surface area contributed by atoms with E-state index < -0.39 is 0 Å². The first kappa shape index (κ1) is 13.3. The third-order valence-electron chi connectivity index (χ3n) is 2.80. The van der Waals surface area contributed by atoms with E-state index in [1.54, 1.807) is 14.2 Å². The number of methoxy groups -OCH3 is 1. The number of amides is 1. The molecule has 1 aromatic heterocycles. The van der Waals surface area contributed by atoms with Crippen LogP contribution in [0.25, 0.3) is 10.9 Å². The number of ether oxygens (including phenoxy) is 1. The average Bonchev–Trinajstić information content (AvgIpc) is 2.44. The minimum Gasteiger partial charge on any atom is -0.481 e. The molecule has 1 aromatic carbocycles. The van der Waals surface area contributed by atoms with Crippen LogP contribution in [-0.2, 0) is 11.3 Å². The van der Waals surface area contributed by atoms with Crippen molar-refractivity contribution in [3.05, 3.63) is 35.9 Å². The van der Waals surface area contributed by atoms with E-state index in [1.807, 2.05) is 30.3 Å². The Kier molecular flexibility index (Phi) is 4.30. The number of hydrogen-bond donors (Lipinski definition) is 2. The van der Waals surface area contributed by atoms with E-state index in [0.29, 0.717) is 19.0 Å². The monoisotopic (exact) mass is 259 g/mol. The molecule has 5 heteroatoms. The van der Waals surface area contributed by atoms with Gasteiger partial charge in [-0.2, -0.15) is 0 Å². The Morgan fingerprint density at radius 1 is 1.37 bits per heavy atom. The number of para-hydroxylation sites is 1. The van der Waals surface area contributed by atoms with Crippen molar-refractivity contribution in [3.63, 3.8) is 0 Å². The van der Waals surface area contributed by atoms with E-state index in [1.165, 1.54) is 0 Å². The number of aromatic nitrogens is 1. The van der Waals surface area contributed by atoms with Crippen LogP contribution in [-0.4, -0.2) is 31.6 Å². The number of likely N-dealkylation sites (N-methyl/N-ethyl adjacent to an activating group) is 1. The fraction of sp³-hybridized carbons (Fsp3) is 0.286. The number of nitrogens with zero attached hydrogens (tertiary/aromatic N) is 1. The van der Waals surface area contributed by atoms with Crippen molar-refractivity contribution in [2.45, 2.75) is 6.54 Å². The SMILES string of the molecule is CNCC(=O)NCc1cc(OC)nc2ccccc12. The van der Waals surface area contributed by atoms with E-state index in [0.717, 1.165) is 16.5 Å². The zero-order valence-corrected chi connectivity index (χ0v) is 11.1. The van der Waals surface area contributed by atoms with Crippen molar-refractivity contribution in [2.24, 2.45) is 0 Å². The first-order valence-corrected chi connectivity index (χ1v) is 6.08. The molecule has 2 N–H and O–H groups in total. The molecule has 0 aliphatic rings. The lowest BCUT2D eigenvalue weighted by molar-refractivity contribution is -0.120. The lowest BCUT2D eigenvalue weighted by atomic mass is 10.1. The molecule has 19 heavy (non-hydrogen) atoms. The van der Waals surface area contributed by atoms with Crippen LogP contribution in [0.4, 0.5) is 0 Å². The third kappa shape index (κ3) is 3.20. The van der Waals surface area contributed by atoms with Gasteiger partial charge in [0.15, 0.2) is 0 Å². The number of fused-ring (bicyclic) bond motifs is 1. The highest BCUT2D eigenvalue weighted by molar-refractivity contribution is 5.84. The van der Waals surface area contributed by atoms with Gasteiger partial charge < -0.3 is 15.4 Å². The van der Waals surface area contributed by atoms with Gasteiger partial charge in [0.25, 0.3) is 0 Å². The van der Waals surface area contributed by atoms with Crippen LogP contribution in [0, 0.1) is 0 Å². The van der Waals surface area contributed by atoms with Gasteiger partial charge in [-0.1, -0.05) is 18.2 Å². The van der Waals surface area contributed by atoms with Crippen LogP contribution in [0.2, 0.25) is 0 Å². The standard InChI is InChI=1S/C14H17N3O2/c1-15-9-13(18)16-8-10-7-14(19-2)17-12-6-4-3-5-11(10)12/h3-7,15H,8-9H2,1-2H3,(H,16,18). The number of rotatable bonds is 5. The number of benzene rings is 1. The van der Waals surface area contributed by atoms with Gasteiger partial charge >= 0.3 is 0 Å². The molecule has 1 amide bonds. The molecule has 5 nitrogen and oxygen atoms in total. The molecular formula is C14H17N3O2. The van der Waals surface area contributed by atoms with Crippen molar-refractivity contribution in [3.8, 4) is 5.88 Å². The van der Waals surface area contributed by atoms with E-state index in [4.69, 9.17) is 4.74 Å². The molecule has 0 fully saturated rings. The summed E-state index contributed by atoms with van der Waals surface area (Å²) < 4.78 is 5.18. The van der Waals surface area contributed by atoms with Gasteiger partial charge in [-0.05, 0) is 18.7 Å². The molecule has 100 valence electrons. The van der Waals surface area contributed by atoms with Crippen LogP contribution in [0.15, 0.2) is 30.3 Å². The summed E-state index contributed by atoms with van der Waals surface area (Å²) in [5.41, 5.74) is 1.85. The predicted octanol–water partition coefficient (Wildman–Crippen LogP) is 1.08. The Balaban J connectivity index is 2.27. The normalized spacial score (nSPS) is 10.4. The largest absolute Gasteiger partial charge is 0.481 e. The highest BCUT2D eigenvalue weighted by Gasteiger charge is 2.07. The molecule has 2 aromatic rings. The fourth-order valence-electron chi connectivity index (χ4n) is 1.89. The molecule has 0 saturated heterocycles. The topological polar surface area (TPSA) is 63.2 Å². The number of nitrogens with one attached hydrogen (secondary N) is 2. The number of pyridine rings is 1. The van der Waals surface area contributed by atoms with Gasteiger partial charge in [0.2, 0.25) is 11.8 Å². The highest BCUT2D eigenvalue weighted by Crippen LogP contribution is 2.21. The summed E-state index contributed by atoms with van der Waals surface area (Å²) in [5.74, 6) is 0.513. The summed E-state index contributed by atoms with van der Waals surface area (Å²) in [6, 6.07) is 9.65. The van der Waals surface area contributed by atoms with Crippen LogP contribution in [0.3, 0.4) is 0 Å². The summed E-state index contributed by atoms with van der Waals surface area (Å²) in [4.78, 5) is 15.9. The van der Waals surface area contributed by atoms with Gasteiger partial charge in [0.1, 0.15) is 0 Å². The van der Waals surface area contributed by atoms with Gasteiger partial charge in [0, 0.05) is 18.0 Å². The second-order valence-electron chi connectivity index (χ2n) is 4.15. The van der Waals surface area contributed by atoms with Crippen LogP contribution in [0.1, 0.15) is 5.56 Å². The first-order chi connectivity index (χ1) is 9.24. The lowest BCUT2D eigenvalue weighted by Crippen LogP contribution is -2.31. The molecule has 0 bridgehead atoms.